The van der Waals surface area contributed by atoms with E-state index in [1.165, 1.54) is 22.1 Å². The van der Waals surface area contributed by atoms with Crippen LogP contribution in [0.5, 0.6) is 0 Å². The van der Waals surface area contributed by atoms with Crippen molar-refractivity contribution in [1.82, 2.24) is 14.9 Å². The van der Waals surface area contributed by atoms with Crippen LogP contribution in [-0.2, 0) is 6.54 Å². The quantitative estimate of drug-likeness (QED) is 0.726. The smallest absolute Gasteiger partial charge is 0.0564 e. The summed E-state index contributed by atoms with van der Waals surface area (Å²) in [5, 5.41) is 8.12. The summed E-state index contributed by atoms with van der Waals surface area (Å²) in [5.74, 6) is 0. The number of aryl methyl sites for hydroxylation is 2. The van der Waals surface area contributed by atoms with Crippen LogP contribution in [0.1, 0.15) is 22.3 Å². The monoisotopic (exact) mass is 346 g/mol. The molecule has 2 heterocycles. The molecule has 4 nitrogen and oxygen atoms in total. The Morgan fingerprint density at radius 2 is 1.85 bits per heavy atom. The largest absolute Gasteiger partial charge is 0.361 e. The van der Waals surface area contributed by atoms with Crippen LogP contribution in [0.3, 0.4) is 0 Å². The fraction of sp³-hybridized carbons (Fsp3) is 0.318. The van der Waals surface area contributed by atoms with Crippen LogP contribution in [0.15, 0.2) is 53.8 Å². The molecule has 1 aliphatic rings. The molecule has 1 saturated heterocycles. The number of nitrogens with one attached hydrogen (secondary N) is 1. The van der Waals surface area contributed by atoms with Gasteiger partial charge in [-0.15, -0.1) is 0 Å². The number of rotatable bonds is 4. The number of hydrogen-bond donors (Lipinski definition) is 1. The van der Waals surface area contributed by atoms with E-state index >= 15 is 0 Å². The molecule has 26 heavy (non-hydrogen) atoms. The molecular weight excluding hydrogens is 320 g/mol. The molecule has 3 aromatic rings. The molecule has 0 radical (unpaired) electrons. The lowest BCUT2D eigenvalue weighted by molar-refractivity contribution is 0.131. The Balaban J connectivity index is 1.35. The summed E-state index contributed by atoms with van der Waals surface area (Å²) in [6, 6.07) is 15.1. The highest BCUT2D eigenvalue weighted by atomic mass is 15.5. The van der Waals surface area contributed by atoms with Crippen LogP contribution >= 0.6 is 0 Å². The molecule has 4 rings (SSSR count). The maximum Gasteiger partial charge on any atom is 0.0564 e. The van der Waals surface area contributed by atoms with Gasteiger partial charge in [0.05, 0.1) is 6.21 Å². The van der Waals surface area contributed by atoms with Gasteiger partial charge in [-0.05, 0) is 31.0 Å². The number of benzene rings is 2. The predicted octanol–water partition coefficient (Wildman–Crippen LogP) is 3.94. The van der Waals surface area contributed by atoms with Crippen molar-refractivity contribution in [3.8, 4) is 0 Å². The van der Waals surface area contributed by atoms with E-state index in [4.69, 9.17) is 5.10 Å². The number of aromatic amines is 1. The van der Waals surface area contributed by atoms with Gasteiger partial charge in [-0.1, -0.05) is 42.0 Å². The highest BCUT2D eigenvalue weighted by molar-refractivity contribution is 5.98. The summed E-state index contributed by atoms with van der Waals surface area (Å²) in [6.45, 7) is 9.46. The molecule has 0 atom stereocenters. The van der Waals surface area contributed by atoms with Crippen LogP contribution in [0.4, 0.5) is 0 Å². The summed E-state index contributed by atoms with van der Waals surface area (Å²) in [5.41, 5.74) is 6.48. The van der Waals surface area contributed by atoms with Crippen molar-refractivity contribution in [2.24, 2.45) is 5.10 Å². The zero-order valence-corrected chi connectivity index (χ0v) is 15.6. The number of aromatic nitrogens is 1. The van der Waals surface area contributed by atoms with E-state index in [0.29, 0.717) is 0 Å². The number of nitrogens with zero attached hydrogens (tertiary/aromatic N) is 3. The fourth-order valence-electron chi connectivity index (χ4n) is 3.62. The lowest BCUT2D eigenvalue weighted by Gasteiger charge is -2.33. The summed E-state index contributed by atoms with van der Waals surface area (Å²) in [6.07, 6.45) is 4.02. The second kappa shape index (κ2) is 7.34. The SMILES string of the molecule is Cc1ccc(CN2CCN(N=Cc3c[nH]c4ccccc34)CC2)c(C)c1. The third kappa shape index (κ3) is 3.65. The van der Waals surface area contributed by atoms with Gasteiger partial charge in [0.25, 0.3) is 0 Å². The van der Waals surface area contributed by atoms with Gasteiger partial charge < -0.3 is 4.98 Å². The molecule has 0 aliphatic carbocycles. The van der Waals surface area contributed by atoms with E-state index < -0.39 is 0 Å². The molecule has 4 heteroatoms. The van der Waals surface area contributed by atoms with Gasteiger partial charge in [-0.3, -0.25) is 9.91 Å². The molecular formula is C22H26N4. The zero-order chi connectivity index (χ0) is 17.9. The van der Waals surface area contributed by atoms with Crippen molar-refractivity contribution in [3.05, 3.63) is 70.9 Å². The molecule has 1 N–H and O–H groups in total. The summed E-state index contributed by atoms with van der Waals surface area (Å²) in [4.78, 5) is 5.82. The van der Waals surface area contributed by atoms with Crippen molar-refractivity contribution in [1.29, 1.82) is 0 Å². The highest BCUT2D eigenvalue weighted by Crippen LogP contribution is 2.17. The number of para-hydroxylation sites is 1. The van der Waals surface area contributed by atoms with Gasteiger partial charge >= 0.3 is 0 Å². The topological polar surface area (TPSA) is 34.6 Å². The summed E-state index contributed by atoms with van der Waals surface area (Å²) in [7, 11) is 0. The molecule has 1 fully saturated rings. The predicted molar refractivity (Wildman–Crippen MR) is 109 cm³/mol. The van der Waals surface area contributed by atoms with Gasteiger partial charge in [0.2, 0.25) is 0 Å². The van der Waals surface area contributed by atoms with Crippen LogP contribution in [0.2, 0.25) is 0 Å². The first kappa shape index (κ1) is 16.9. The number of hydrogen-bond acceptors (Lipinski definition) is 3. The summed E-state index contributed by atoms with van der Waals surface area (Å²) >= 11 is 0. The van der Waals surface area contributed by atoms with E-state index in [9.17, 15) is 0 Å². The van der Waals surface area contributed by atoms with Crippen LogP contribution in [-0.4, -0.2) is 47.3 Å². The van der Waals surface area contributed by atoms with Crippen molar-refractivity contribution in [2.45, 2.75) is 20.4 Å². The molecule has 0 unspecified atom stereocenters. The van der Waals surface area contributed by atoms with Crippen molar-refractivity contribution < 1.29 is 0 Å². The first-order valence-corrected chi connectivity index (χ1v) is 9.32. The van der Waals surface area contributed by atoms with Crippen molar-refractivity contribution in [2.75, 3.05) is 26.2 Å². The second-order valence-electron chi connectivity index (χ2n) is 7.19. The minimum Gasteiger partial charge on any atom is -0.361 e. The molecule has 0 bridgehead atoms. The lowest BCUT2D eigenvalue weighted by atomic mass is 10.1. The fourth-order valence-corrected chi connectivity index (χ4v) is 3.62. The van der Waals surface area contributed by atoms with Crippen molar-refractivity contribution in [3.63, 3.8) is 0 Å². The second-order valence-corrected chi connectivity index (χ2v) is 7.19. The Morgan fingerprint density at radius 3 is 2.65 bits per heavy atom. The molecule has 1 aliphatic heterocycles. The molecule has 134 valence electrons. The minimum absolute atomic E-state index is 0.976. The Hall–Kier alpha value is -2.59. The molecule has 1 aromatic heterocycles. The van der Waals surface area contributed by atoms with Crippen LogP contribution in [0, 0.1) is 13.8 Å². The van der Waals surface area contributed by atoms with Gasteiger partial charge in [-0.2, -0.15) is 5.10 Å². The molecule has 0 spiro atoms. The third-order valence-electron chi connectivity index (χ3n) is 5.22. The van der Waals surface area contributed by atoms with E-state index in [2.05, 4.69) is 71.2 Å². The lowest BCUT2D eigenvalue weighted by Crippen LogP contribution is -2.43. The van der Waals surface area contributed by atoms with E-state index in [-0.39, 0.29) is 0 Å². The standard InChI is InChI=1S/C22H26N4/c1-17-7-8-19(18(2)13-17)16-25-9-11-26(12-10-25)24-15-20-14-23-22-6-4-3-5-21(20)22/h3-8,13-15,23H,9-12,16H2,1-2H3. The van der Waals surface area contributed by atoms with E-state index in [1.807, 2.05) is 12.4 Å². The zero-order valence-electron chi connectivity index (χ0n) is 15.6. The average molecular weight is 346 g/mol. The van der Waals surface area contributed by atoms with Gasteiger partial charge in [-0.25, -0.2) is 0 Å². The van der Waals surface area contributed by atoms with Crippen LogP contribution in [0.25, 0.3) is 10.9 Å². The van der Waals surface area contributed by atoms with Crippen molar-refractivity contribution >= 4 is 17.1 Å². The van der Waals surface area contributed by atoms with E-state index in [0.717, 1.165) is 43.8 Å². The molecule has 0 saturated carbocycles. The Morgan fingerprint density at radius 1 is 1.04 bits per heavy atom. The van der Waals surface area contributed by atoms with Crippen LogP contribution < -0.4 is 0 Å². The Bertz CT molecular complexity index is 917. The first-order valence-electron chi connectivity index (χ1n) is 9.32. The molecule has 2 aromatic carbocycles. The third-order valence-corrected chi connectivity index (χ3v) is 5.22. The Kier molecular flexibility index (Phi) is 4.76. The molecule has 0 amide bonds. The van der Waals surface area contributed by atoms with Gasteiger partial charge in [0.15, 0.2) is 0 Å². The average Bonchev–Trinajstić information content (AvgIpc) is 3.07. The number of fused-ring (bicyclic) bond motifs is 1. The first-order chi connectivity index (χ1) is 12.7. The number of hydrazone groups is 1. The normalized spacial score (nSPS) is 16.0. The van der Waals surface area contributed by atoms with Gasteiger partial charge in [0, 0.05) is 55.4 Å². The maximum atomic E-state index is 4.71. The maximum absolute atomic E-state index is 4.71. The van der Waals surface area contributed by atoms with E-state index in [1.54, 1.807) is 0 Å². The Labute approximate surface area is 155 Å². The summed E-state index contributed by atoms with van der Waals surface area (Å²) < 4.78 is 0. The van der Waals surface area contributed by atoms with Gasteiger partial charge in [0.1, 0.15) is 0 Å². The number of H-pyrrole nitrogens is 1. The number of piperazine rings is 1. The highest BCUT2D eigenvalue weighted by Gasteiger charge is 2.16. The minimum atomic E-state index is 0.976.